The SMILES string of the molecule is CNC(CSc1ncco1)c1ccc(C(C)C)cc1. The minimum Gasteiger partial charge on any atom is -0.440 e. The fraction of sp³-hybridized carbons (Fsp3) is 0.400. The van der Waals surface area contributed by atoms with Crippen LogP contribution in [0.15, 0.2) is 46.4 Å². The first-order chi connectivity index (χ1) is 9.20. The molecule has 102 valence electrons. The van der Waals surface area contributed by atoms with E-state index in [0.29, 0.717) is 12.0 Å². The molecule has 1 N–H and O–H groups in total. The van der Waals surface area contributed by atoms with Crippen molar-refractivity contribution in [3.8, 4) is 0 Å². The van der Waals surface area contributed by atoms with Gasteiger partial charge >= 0.3 is 0 Å². The Hall–Kier alpha value is -1.26. The highest BCUT2D eigenvalue weighted by Gasteiger charge is 2.11. The fourth-order valence-corrected chi connectivity index (χ4v) is 2.82. The molecule has 1 aromatic heterocycles. The quantitative estimate of drug-likeness (QED) is 0.813. The van der Waals surface area contributed by atoms with Crippen LogP contribution in [0.25, 0.3) is 0 Å². The molecule has 0 aliphatic carbocycles. The molecular weight excluding hydrogens is 256 g/mol. The van der Waals surface area contributed by atoms with Crippen LogP contribution in [-0.4, -0.2) is 17.8 Å². The summed E-state index contributed by atoms with van der Waals surface area (Å²) in [6.07, 6.45) is 3.28. The van der Waals surface area contributed by atoms with Gasteiger partial charge in [0.05, 0.1) is 6.20 Å². The third-order valence-electron chi connectivity index (χ3n) is 3.14. The second-order valence-electron chi connectivity index (χ2n) is 4.77. The standard InChI is InChI=1S/C15H20N2OS/c1-11(2)12-4-6-13(7-5-12)14(16-3)10-19-15-17-8-9-18-15/h4-9,11,14,16H,10H2,1-3H3. The summed E-state index contributed by atoms with van der Waals surface area (Å²) in [4.78, 5) is 4.12. The number of aromatic nitrogens is 1. The van der Waals surface area contributed by atoms with Gasteiger partial charge in [-0.1, -0.05) is 49.9 Å². The van der Waals surface area contributed by atoms with Crippen LogP contribution in [0.4, 0.5) is 0 Å². The first-order valence-electron chi connectivity index (χ1n) is 6.50. The molecule has 2 rings (SSSR count). The molecule has 0 amide bonds. The van der Waals surface area contributed by atoms with E-state index in [1.807, 2.05) is 7.05 Å². The molecule has 1 heterocycles. The molecule has 0 bridgehead atoms. The molecule has 1 unspecified atom stereocenters. The van der Waals surface area contributed by atoms with E-state index in [1.165, 1.54) is 11.1 Å². The van der Waals surface area contributed by atoms with Crippen LogP contribution in [0, 0.1) is 0 Å². The van der Waals surface area contributed by atoms with Gasteiger partial charge in [0.15, 0.2) is 0 Å². The van der Waals surface area contributed by atoms with Crippen LogP contribution in [-0.2, 0) is 0 Å². The van der Waals surface area contributed by atoms with Gasteiger partial charge < -0.3 is 9.73 Å². The Balaban J connectivity index is 2.00. The van der Waals surface area contributed by atoms with E-state index in [4.69, 9.17) is 4.42 Å². The minimum absolute atomic E-state index is 0.304. The maximum atomic E-state index is 5.24. The molecule has 0 saturated carbocycles. The Morgan fingerprint density at radius 1 is 1.21 bits per heavy atom. The normalized spacial score (nSPS) is 12.8. The summed E-state index contributed by atoms with van der Waals surface area (Å²) >= 11 is 1.62. The summed E-state index contributed by atoms with van der Waals surface area (Å²) in [7, 11) is 1.98. The fourth-order valence-electron chi connectivity index (χ4n) is 1.90. The van der Waals surface area contributed by atoms with E-state index in [9.17, 15) is 0 Å². The van der Waals surface area contributed by atoms with Gasteiger partial charge in [0.25, 0.3) is 5.22 Å². The van der Waals surface area contributed by atoms with Crippen molar-refractivity contribution in [3.05, 3.63) is 47.9 Å². The van der Waals surface area contributed by atoms with Gasteiger partial charge in [0.1, 0.15) is 6.26 Å². The number of benzene rings is 1. The lowest BCUT2D eigenvalue weighted by Gasteiger charge is -2.16. The predicted molar refractivity (Wildman–Crippen MR) is 79.6 cm³/mol. The summed E-state index contributed by atoms with van der Waals surface area (Å²) in [5.74, 6) is 1.47. The number of nitrogens with zero attached hydrogens (tertiary/aromatic N) is 1. The first kappa shape index (κ1) is 14.2. The van der Waals surface area contributed by atoms with Crippen LogP contribution >= 0.6 is 11.8 Å². The number of thioether (sulfide) groups is 1. The third-order valence-corrected chi connectivity index (χ3v) is 4.09. The topological polar surface area (TPSA) is 38.1 Å². The van der Waals surface area contributed by atoms with Crippen molar-refractivity contribution in [3.63, 3.8) is 0 Å². The van der Waals surface area contributed by atoms with Crippen molar-refractivity contribution >= 4 is 11.8 Å². The average Bonchev–Trinajstić information content (AvgIpc) is 2.93. The smallest absolute Gasteiger partial charge is 0.255 e. The zero-order valence-corrected chi connectivity index (χ0v) is 12.4. The molecule has 4 heteroatoms. The van der Waals surface area contributed by atoms with Crippen LogP contribution in [0.2, 0.25) is 0 Å². The van der Waals surface area contributed by atoms with Crippen molar-refractivity contribution in [1.82, 2.24) is 10.3 Å². The molecule has 0 radical (unpaired) electrons. The van der Waals surface area contributed by atoms with E-state index < -0.39 is 0 Å². The number of hydrogen-bond donors (Lipinski definition) is 1. The van der Waals surface area contributed by atoms with E-state index in [-0.39, 0.29) is 0 Å². The minimum atomic E-state index is 0.304. The number of oxazole rings is 1. The molecule has 0 aliphatic rings. The first-order valence-corrected chi connectivity index (χ1v) is 7.48. The molecule has 2 aromatic rings. The molecule has 19 heavy (non-hydrogen) atoms. The average molecular weight is 276 g/mol. The molecular formula is C15H20N2OS. The van der Waals surface area contributed by atoms with Crippen LogP contribution < -0.4 is 5.32 Å². The van der Waals surface area contributed by atoms with Gasteiger partial charge in [0, 0.05) is 11.8 Å². The summed E-state index contributed by atoms with van der Waals surface area (Å²) in [6, 6.07) is 9.12. The van der Waals surface area contributed by atoms with Crippen molar-refractivity contribution in [1.29, 1.82) is 0 Å². The summed E-state index contributed by atoms with van der Waals surface area (Å²) in [6.45, 7) is 4.42. The van der Waals surface area contributed by atoms with Crippen molar-refractivity contribution in [2.45, 2.75) is 31.0 Å². The highest BCUT2D eigenvalue weighted by molar-refractivity contribution is 7.99. The lowest BCUT2D eigenvalue weighted by molar-refractivity contribution is 0.453. The number of rotatable bonds is 6. The summed E-state index contributed by atoms with van der Waals surface area (Å²) in [5, 5.41) is 4.06. The van der Waals surface area contributed by atoms with Gasteiger partial charge in [-0.05, 0) is 24.1 Å². The van der Waals surface area contributed by atoms with Crippen LogP contribution in [0.5, 0.6) is 0 Å². The van der Waals surface area contributed by atoms with Crippen LogP contribution in [0.1, 0.15) is 36.9 Å². The zero-order valence-electron chi connectivity index (χ0n) is 11.6. The Bertz CT molecular complexity index is 479. The van der Waals surface area contributed by atoms with Gasteiger partial charge in [-0.15, -0.1) is 0 Å². The van der Waals surface area contributed by atoms with E-state index in [0.717, 1.165) is 11.0 Å². The third kappa shape index (κ3) is 3.85. The lowest BCUT2D eigenvalue weighted by atomic mass is 10.00. The van der Waals surface area contributed by atoms with Gasteiger partial charge in [-0.25, -0.2) is 4.98 Å². The monoisotopic (exact) mass is 276 g/mol. The van der Waals surface area contributed by atoms with E-state index in [2.05, 4.69) is 48.4 Å². The van der Waals surface area contributed by atoms with Crippen LogP contribution in [0.3, 0.4) is 0 Å². The Morgan fingerprint density at radius 3 is 2.42 bits per heavy atom. The van der Waals surface area contributed by atoms with Crippen molar-refractivity contribution in [2.24, 2.45) is 0 Å². The molecule has 0 aliphatic heterocycles. The maximum absolute atomic E-state index is 5.24. The molecule has 0 spiro atoms. The Morgan fingerprint density at radius 2 is 1.89 bits per heavy atom. The maximum Gasteiger partial charge on any atom is 0.255 e. The van der Waals surface area contributed by atoms with E-state index >= 15 is 0 Å². The predicted octanol–water partition coefficient (Wildman–Crippen LogP) is 3.85. The van der Waals surface area contributed by atoms with Crippen molar-refractivity contribution < 1.29 is 4.42 Å². The molecule has 0 saturated heterocycles. The van der Waals surface area contributed by atoms with Gasteiger partial charge in [-0.3, -0.25) is 0 Å². The zero-order chi connectivity index (χ0) is 13.7. The van der Waals surface area contributed by atoms with Gasteiger partial charge in [0.2, 0.25) is 0 Å². The largest absolute Gasteiger partial charge is 0.440 e. The molecule has 1 aromatic carbocycles. The highest BCUT2D eigenvalue weighted by Crippen LogP contribution is 2.24. The molecule has 0 fully saturated rings. The van der Waals surface area contributed by atoms with E-state index in [1.54, 1.807) is 24.2 Å². The highest BCUT2D eigenvalue weighted by atomic mass is 32.2. The lowest BCUT2D eigenvalue weighted by Crippen LogP contribution is -2.18. The Kier molecular flexibility index (Phi) is 5.05. The summed E-state index contributed by atoms with van der Waals surface area (Å²) < 4.78 is 5.24. The Labute approximate surface area is 118 Å². The molecule has 3 nitrogen and oxygen atoms in total. The second kappa shape index (κ2) is 6.78. The summed E-state index contributed by atoms with van der Waals surface area (Å²) in [5.41, 5.74) is 2.67. The number of nitrogens with one attached hydrogen (secondary N) is 1. The number of hydrogen-bond acceptors (Lipinski definition) is 4. The second-order valence-corrected chi connectivity index (χ2v) is 5.74. The molecule has 1 atom stereocenters. The van der Waals surface area contributed by atoms with Gasteiger partial charge in [-0.2, -0.15) is 0 Å². The van der Waals surface area contributed by atoms with Crippen molar-refractivity contribution in [2.75, 3.05) is 12.8 Å².